The number of amides is 2. The highest BCUT2D eigenvalue weighted by Gasteiger charge is 2.44. The smallest absolute Gasteiger partial charge is 0.334 e. The normalized spacial score (nSPS) is 11.9. The predicted octanol–water partition coefficient (Wildman–Crippen LogP) is 4.44. The Morgan fingerprint density at radius 1 is 1.08 bits per heavy atom. The third-order valence-electron chi connectivity index (χ3n) is 4.72. The number of urea groups is 1. The third kappa shape index (κ3) is 5.56. The molecule has 4 rings (SSSR count). The lowest BCUT2D eigenvalue weighted by atomic mass is 10.1. The van der Waals surface area contributed by atoms with Crippen molar-refractivity contribution in [3.05, 3.63) is 64.5 Å². The second-order valence-corrected chi connectivity index (χ2v) is 7.97. The summed E-state index contributed by atoms with van der Waals surface area (Å²) in [7, 11) is 0. The van der Waals surface area contributed by atoms with Gasteiger partial charge in [0.1, 0.15) is 0 Å². The van der Waals surface area contributed by atoms with Crippen molar-refractivity contribution in [1.29, 1.82) is 0 Å². The van der Waals surface area contributed by atoms with Crippen LogP contribution in [0.5, 0.6) is 0 Å². The van der Waals surface area contributed by atoms with Gasteiger partial charge in [0.05, 0.1) is 11.1 Å². The molecule has 3 N–H and O–H groups in total. The lowest BCUT2D eigenvalue weighted by molar-refractivity contribution is -0.841. The molecule has 0 spiro atoms. The Morgan fingerprint density at radius 2 is 1.86 bits per heavy atom. The zero-order valence-electron chi connectivity index (χ0n) is 17.7. The fourth-order valence-corrected chi connectivity index (χ4v) is 3.66. The molecule has 0 aliphatic carbocycles. The first-order valence-corrected chi connectivity index (χ1v) is 10.8. The van der Waals surface area contributed by atoms with Gasteiger partial charge in [-0.2, -0.15) is 26.3 Å². The van der Waals surface area contributed by atoms with Crippen LogP contribution in [-0.4, -0.2) is 28.1 Å². The molecule has 0 radical (unpaired) electrons. The van der Waals surface area contributed by atoms with Gasteiger partial charge >= 0.3 is 30.2 Å². The van der Waals surface area contributed by atoms with E-state index in [-0.39, 0.29) is 40.3 Å². The van der Waals surface area contributed by atoms with Gasteiger partial charge in [0.25, 0.3) is 0 Å². The standard InChI is InChI=1S/C21H13F6N5O3S/c22-20(23,24)12-3-1-2-11(6-12)8-28-19(34)30-13-4-5-14-16(7-13)32(35-18(33)21(25,26)27)17(31-14)15-9-36-10-29-15/h1-7,9-10H,8H2,(H2,28,30,34)/p+1. The van der Waals surface area contributed by atoms with E-state index >= 15 is 0 Å². The van der Waals surface area contributed by atoms with Gasteiger partial charge < -0.3 is 10.6 Å². The van der Waals surface area contributed by atoms with Crippen molar-refractivity contribution in [2.24, 2.45) is 0 Å². The Bertz CT molecular complexity index is 1420. The molecule has 188 valence electrons. The van der Waals surface area contributed by atoms with Crippen LogP contribution in [0.3, 0.4) is 0 Å². The van der Waals surface area contributed by atoms with Crippen LogP contribution in [0, 0.1) is 0 Å². The largest absolute Gasteiger partial charge is 0.495 e. The lowest BCUT2D eigenvalue weighted by Crippen LogP contribution is -2.51. The molecule has 0 unspecified atom stereocenters. The minimum atomic E-state index is -5.27. The van der Waals surface area contributed by atoms with E-state index < -0.39 is 29.9 Å². The topological polar surface area (TPSA) is 100.0 Å². The molecule has 0 saturated heterocycles. The second kappa shape index (κ2) is 9.49. The first-order chi connectivity index (χ1) is 16.9. The summed E-state index contributed by atoms with van der Waals surface area (Å²) in [6.07, 6.45) is -9.80. The molecular formula is C21H14F6N5O3S+. The van der Waals surface area contributed by atoms with E-state index in [1.807, 2.05) is 0 Å². The van der Waals surface area contributed by atoms with Crippen LogP contribution < -0.4 is 20.2 Å². The fourth-order valence-electron chi connectivity index (χ4n) is 3.12. The zero-order chi connectivity index (χ0) is 26.1. The van der Waals surface area contributed by atoms with Crippen molar-refractivity contribution in [1.82, 2.24) is 15.3 Å². The highest BCUT2D eigenvalue weighted by molar-refractivity contribution is 7.07. The molecule has 0 aliphatic heterocycles. The molecule has 0 saturated carbocycles. The molecule has 2 heterocycles. The number of benzene rings is 2. The summed E-state index contributed by atoms with van der Waals surface area (Å²) in [6, 6.07) is 7.70. The summed E-state index contributed by atoms with van der Waals surface area (Å²) in [6.45, 7) is -0.223. The van der Waals surface area contributed by atoms with Crippen molar-refractivity contribution >= 4 is 40.1 Å². The molecule has 0 bridgehead atoms. The number of nitrogens with zero attached hydrogens (tertiary/aromatic N) is 2. The van der Waals surface area contributed by atoms with Gasteiger partial charge in [0.15, 0.2) is 11.2 Å². The monoisotopic (exact) mass is 530 g/mol. The Morgan fingerprint density at radius 3 is 2.53 bits per heavy atom. The maximum absolute atomic E-state index is 12.8. The number of H-pyrrole nitrogens is 1. The van der Waals surface area contributed by atoms with Crippen LogP contribution in [-0.2, 0) is 17.5 Å². The number of hydrogen-bond donors (Lipinski definition) is 3. The number of alkyl halides is 6. The maximum Gasteiger partial charge on any atom is 0.495 e. The molecule has 2 amide bonds. The first-order valence-electron chi connectivity index (χ1n) is 9.88. The molecule has 15 heteroatoms. The van der Waals surface area contributed by atoms with Crippen LogP contribution in [0.25, 0.3) is 22.6 Å². The Kier molecular flexibility index (Phi) is 6.58. The van der Waals surface area contributed by atoms with Gasteiger partial charge in [0, 0.05) is 23.7 Å². The van der Waals surface area contributed by atoms with E-state index in [0.717, 1.165) is 23.5 Å². The number of rotatable bonds is 5. The fraction of sp³-hybridized carbons (Fsp3) is 0.143. The van der Waals surface area contributed by atoms with E-state index in [1.165, 1.54) is 41.2 Å². The predicted molar refractivity (Wildman–Crippen MR) is 115 cm³/mol. The van der Waals surface area contributed by atoms with Crippen LogP contribution in [0.4, 0.5) is 36.8 Å². The van der Waals surface area contributed by atoms with Crippen LogP contribution in [0.1, 0.15) is 11.1 Å². The number of aromatic nitrogens is 3. The van der Waals surface area contributed by atoms with Gasteiger partial charge in [-0.3, -0.25) is 0 Å². The highest BCUT2D eigenvalue weighted by Crippen LogP contribution is 2.29. The molecule has 0 aliphatic rings. The summed E-state index contributed by atoms with van der Waals surface area (Å²) in [5.74, 6) is -2.52. The number of fused-ring (bicyclic) bond motifs is 1. The van der Waals surface area contributed by atoms with Gasteiger partial charge in [-0.25, -0.2) is 24.4 Å². The Labute approximate surface area is 201 Å². The average Bonchev–Trinajstić information content (AvgIpc) is 3.45. The Balaban J connectivity index is 1.55. The van der Waals surface area contributed by atoms with Crippen LogP contribution in [0.15, 0.2) is 53.4 Å². The van der Waals surface area contributed by atoms with Crippen molar-refractivity contribution in [3.8, 4) is 11.5 Å². The summed E-state index contributed by atoms with van der Waals surface area (Å²) < 4.78 is 77.7. The average molecular weight is 530 g/mol. The molecule has 0 fully saturated rings. The van der Waals surface area contributed by atoms with Crippen molar-refractivity contribution in [2.45, 2.75) is 18.9 Å². The zero-order valence-corrected chi connectivity index (χ0v) is 18.5. The number of nitrogens with one attached hydrogen (secondary N) is 3. The third-order valence-corrected chi connectivity index (χ3v) is 5.31. The second-order valence-electron chi connectivity index (χ2n) is 7.26. The quantitative estimate of drug-likeness (QED) is 0.263. The SMILES string of the molecule is O=C(NCc1cccc(C(F)(F)F)c1)Nc1ccc2[nH]c(-c3cscn3)[n+](OC(=O)C(F)(F)F)c2c1. The number of halogens is 6. The van der Waals surface area contributed by atoms with E-state index in [1.54, 1.807) is 0 Å². The number of aromatic amines is 1. The van der Waals surface area contributed by atoms with E-state index in [4.69, 9.17) is 0 Å². The molecule has 0 atom stereocenters. The number of hydrogen-bond acceptors (Lipinski definition) is 5. The van der Waals surface area contributed by atoms with Crippen LogP contribution >= 0.6 is 11.3 Å². The van der Waals surface area contributed by atoms with E-state index in [9.17, 15) is 35.9 Å². The van der Waals surface area contributed by atoms with Crippen molar-refractivity contribution in [3.63, 3.8) is 0 Å². The molecule has 36 heavy (non-hydrogen) atoms. The summed E-state index contributed by atoms with van der Waals surface area (Å²) in [5.41, 5.74) is 1.32. The van der Waals surface area contributed by atoms with Crippen molar-refractivity contribution < 1.29 is 45.5 Å². The minimum Gasteiger partial charge on any atom is -0.334 e. The lowest BCUT2D eigenvalue weighted by Gasteiger charge is -2.10. The van der Waals surface area contributed by atoms with Gasteiger partial charge in [0.2, 0.25) is 5.52 Å². The Hall–Kier alpha value is -4.14. The number of imidazole rings is 1. The van der Waals surface area contributed by atoms with Gasteiger partial charge in [-0.05, 0) is 34.6 Å². The molecular weight excluding hydrogens is 516 g/mol. The number of thiazole rings is 1. The van der Waals surface area contributed by atoms with Crippen LogP contribution in [0.2, 0.25) is 0 Å². The summed E-state index contributed by atoms with van der Waals surface area (Å²) in [5, 5.41) is 6.34. The highest BCUT2D eigenvalue weighted by atomic mass is 32.1. The minimum absolute atomic E-state index is 0.0220. The molecule has 2 aromatic heterocycles. The molecule has 8 nitrogen and oxygen atoms in total. The number of carbonyl (C=O) groups is 2. The van der Waals surface area contributed by atoms with Crippen molar-refractivity contribution in [2.75, 3.05) is 5.32 Å². The molecule has 4 aromatic rings. The number of anilines is 1. The summed E-state index contributed by atoms with van der Waals surface area (Å²) in [4.78, 5) is 35.2. The van der Waals surface area contributed by atoms with E-state index in [2.05, 4.69) is 25.4 Å². The molecule has 2 aromatic carbocycles. The first kappa shape index (κ1) is 25.0. The van der Waals surface area contributed by atoms with Gasteiger partial charge in [-0.1, -0.05) is 12.1 Å². The van der Waals surface area contributed by atoms with E-state index in [0.29, 0.717) is 4.73 Å². The number of carbonyl (C=O) groups excluding carboxylic acids is 2. The maximum atomic E-state index is 12.8. The summed E-state index contributed by atoms with van der Waals surface area (Å²) >= 11 is 1.16. The van der Waals surface area contributed by atoms with Gasteiger partial charge in [-0.15, -0.1) is 11.3 Å².